The van der Waals surface area contributed by atoms with E-state index in [1.807, 2.05) is 0 Å². The minimum atomic E-state index is -6.37. The van der Waals surface area contributed by atoms with Gasteiger partial charge in [-0.1, -0.05) is 18.2 Å². The second-order valence-electron chi connectivity index (χ2n) is 11.0. The van der Waals surface area contributed by atoms with Crippen LogP contribution in [0.4, 0.5) is 35.1 Å². The van der Waals surface area contributed by atoms with Crippen molar-refractivity contribution in [3.05, 3.63) is 99.2 Å². The van der Waals surface area contributed by atoms with Crippen molar-refractivity contribution in [3.63, 3.8) is 0 Å². The molecule has 0 bridgehead atoms. The molecule has 2 aromatic carbocycles. The molecule has 1 saturated carbocycles. The lowest BCUT2D eigenvalue weighted by atomic mass is 9.74. The van der Waals surface area contributed by atoms with Gasteiger partial charge < -0.3 is 9.88 Å². The van der Waals surface area contributed by atoms with E-state index in [9.17, 15) is 53.1 Å². The first-order valence-electron chi connectivity index (χ1n) is 13.3. The summed E-state index contributed by atoms with van der Waals surface area (Å²) in [6.07, 6.45) is -11.9. The van der Waals surface area contributed by atoms with Crippen LogP contribution in [0.25, 0.3) is 0 Å². The molecule has 236 valence electrons. The van der Waals surface area contributed by atoms with Gasteiger partial charge >= 0.3 is 18.0 Å². The van der Waals surface area contributed by atoms with Crippen molar-refractivity contribution < 1.29 is 48.3 Å². The van der Waals surface area contributed by atoms with E-state index in [1.165, 1.54) is 23.9 Å². The molecule has 0 spiro atoms. The Morgan fingerprint density at radius 2 is 1.57 bits per heavy atom. The third-order valence-corrected chi connectivity index (χ3v) is 11.2. The van der Waals surface area contributed by atoms with Crippen LogP contribution < -0.4 is 10.9 Å². The molecule has 0 saturated heterocycles. The highest BCUT2D eigenvalue weighted by Crippen LogP contribution is 2.59. The quantitative estimate of drug-likeness (QED) is 0.287. The van der Waals surface area contributed by atoms with Gasteiger partial charge in [0.25, 0.3) is 11.5 Å². The Bertz CT molecular complexity index is 1770. The van der Waals surface area contributed by atoms with Crippen LogP contribution in [0.2, 0.25) is 0 Å². The molecular formula is C29H24F8N2O4S. The molecule has 1 N–H and O–H groups in total. The van der Waals surface area contributed by atoms with E-state index in [4.69, 9.17) is 0 Å². The van der Waals surface area contributed by atoms with Gasteiger partial charge in [-0.05, 0) is 67.1 Å². The first kappa shape index (κ1) is 31.7. The van der Waals surface area contributed by atoms with Gasteiger partial charge in [-0.2, -0.15) is 26.3 Å². The highest BCUT2D eigenvalue weighted by Gasteiger charge is 2.73. The van der Waals surface area contributed by atoms with E-state index >= 15 is 0 Å². The number of carbonyl (C=O) groups is 1. The zero-order valence-corrected chi connectivity index (χ0v) is 23.6. The minimum absolute atomic E-state index is 0.00794. The van der Waals surface area contributed by atoms with Crippen LogP contribution in [0.3, 0.4) is 0 Å². The summed E-state index contributed by atoms with van der Waals surface area (Å²) in [7, 11) is -3.08. The van der Waals surface area contributed by atoms with E-state index in [0.29, 0.717) is 6.07 Å². The number of rotatable bonds is 5. The summed E-state index contributed by atoms with van der Waals surface area (Å²) < 4.78 is 138. The maximum Gasteiger partial charge on any atom is 0.435 e. The second-order valence-corrected chi connectivity index (χ2v) is 13.2. The van der Waals surface area contributed by atoms with E-state index in [1.54, 1.807) is 0 Å². The maximum atomic E-state index is 15.0. The summed E-state index contributed by atoms with van der Waals surface area (Å²) in [4.78, 5) is 24.8. The Kier molecular flexibility index (Phi) is 7.50. The number of nitrogens with zero attached hydrogens (tertiary/aromatic N) is 1. The van der Waals surface area contributed by atoms with Crippen molar-refractivity contribution in [2.24, 2.45) is 13.0 Å². The zero-order chi connectivity index (χ0) is 32.5. The van der Waals surface area contributed by atoms with Crippen LogP contribution in [-0.4, -0.2) is 37.3 Å². The largest absolute Gasteiger partial charge is 0.435 e. The number of pyridine rings is 1. The van der Waals surface area contributed by atoms with Crippen molar-refractivity contribution in [3.8, 4) is 0 Å². The number of nitrogens with one attached hydrogen (secondary N) is 1. The molecule has 0 unspecified atom stereocenters. The van der Waals surface area contributed by atoms with Gasteiger partial charge in [0.2, 0.25) is 0 Å². The summed E-state index contributed by atoms with van der Waals surface area (Å²) in [6.45, 7) is 0. The third kappa shape index (κ3) is 4.70. The smallest absolute Gasteiger partial charge is 0.349 e. The molecule has 1 heterocycles. The molecule has 1 amide bonds. The summed E-state index contributed by atoms with van der Waals surface area (Å²) >= 11 is 0. The Morgan fingerprint density at radius 3 is 2.16 bits per heavy atom. The Balaban J connectivity index is 1.64. The zero-order valence-electron chi connectivity index (χ0n) is 22.8. The van der Waals surface area contributed by atoms with Crippen molar-refractivity contribution in [1.82, 2.24) is 9.88 Å². The van der Waals surface area contributed by atoms with Gasteiger partial charge in [-0.15, -0.1) is 0 Å². The molecule has 0 aliphatic heterocycles. The molecule has 0 radical (unpaired) electrons. The fourth-order valence-corrected chi connectivity index (χ4v) is 8.96. The summed E-state index contributed by atoms with van der Waals surface area (Å²) in [6, 6.07) is 6.82. The number of fused-ring (bicyclic) bond motifs is 3. The number of benzene rings is 2. The summed E-state index contributed by atoms with van der Waals surface area (Å²) in [5, 5.41) is 2.74. The molecule has 1 aromatic heterocycles. The highest BCUT2D eigenvalue weighted by molar-refractivity contribution is 7.92. The molecule has 5 rings (SSSR count). The Labute approximate surface area is 245 Å². The molecule has 1 fully saturated rings. The van der Waals surface area contributed by atoms with Gasteiger partial charge in [0.05, 0.1) is 4.90 Å². The van der Waals surface area contributed by atoms with E-state index in [2.05, 4.69) is 5.32 Å². The summed E-state index contributed by atoms with van der Waals surface area (Å²) in [5.41, 5.74) is -8.30. The van der Waals surface area contributed by atoms with Gasteiger partial charge in [0, 0.05) is 42.4 Å². The predicted molar refractivity (Wildman–Crippen MR) is 141 cm³/mol. The fourth-order valence-electron chi connectivity index (χ4n) is 6.49. The standard InChI is InChI=1S/C29H24F8N2O4S/c1-39-13-11-17(15-24(39)40)25(41)38-23-10-12-26(44(42,43)20-6-4-19(30)5-7-20)21-9-3-18(14-16(21)2-8-22(23)26)27(31,28(32,33)34)29(35,36)37/h3-7,9,11,13-15,22-23H,2,8,10,12H2,1H3,(H,38,41)/t22-,23+,26+/m0/s1. The van der Waals surface area contributed by atoms with Crippen LogP contribution in [0.15, 0.2) is 70.5 Å². The molecular weight excluding hydrogens is 624 g/mol. The number of halogens is 8. The van der Waals surface area contributed by atoms with E-state index in [-0.39, 0.29) is 53.3 Å². The summed E-state index contributed by atoms with van der Waals surface area (Å²) in [5.74, 6) is -2.39. The van der Waals surface area contributed by atoms with Crippen LogP contribution in [-0.2, 0) is 33.7 Å². The lowest BCUT2D eigenvalue weighted by Gasteiger charge is -2.43. The van der Waals surface area contributed by atoms with E-state index in [0.717, 1.165) is 36.4 Å². The molecule has 44 heavy (non-hydrogen) atoms. The first-order chi connectivity index (χ1) is 20.3. The number of hydrogen-bond acceptors (Lipinski definition) is 4. The van der Waals surface area contributed by atoms with Crippen LogP contribution in [0, 0.1) is 11.7 Å². The minimum Gasteiger partial charge on any atom is -0.349 e. The molecule has 6 nitrogen and oxygen atoms in total. The van der Waals surface area contributed by atoms with E-state index < -0.39 is 67.4 Å². The third-order valence-electron chi connectivity index (χ3n) is 8.66. The normalized spacial score (nSPS) is 22.3. The molecule has 3 atom stereocenters. The number of sulfone groups is 1. The average molecular weight is 649 g/mol. The lowest BCUT2D eigenvalue weighted by molar-refractivity contribution is -0.348. The molecule has 2 aliphatic carbocycles. The molecule has 15 heteroatoms. The number of hydrogen-bond donors (Lipinski definition) is 1. The van der Waals surface area contributed by atoms with Gasteiger partial charge in [0.1, 0.15) is 10.6 Å². The van der Waals surface area contributed by atoms with Crippen LogP contribution in [0.1, 0.15) is 46.3 Å². The number of aromatic nitrogens is 1. The fraction of sp³-hybridized carbons (Fsp3) is 0.379. The topological polar surface area (TPSA) is 85.2 Å². The van der Waals surface area contributed by atoms with Crippen molar-refractivity contribution in [1.29, 1.82) is 0 Å². The average Bonchev–Trinajstić information content (AvgIpc) is 3.32. The Morgan fingerprint density at radius 1 is 0.932 bits per heavy atom. The second kappa shape index (κ2) is 10.4. The lowest BCUT2D eigenvalue weighted by Crippen LogP contribution is -2.51. The Hall–Kier alpha value is -3.75. The number of alkyl halides is 7. The SMILES string of the molecule is Cn1ccc(C(=O)N[C@@H]2CC[C@@]3(S(=O)(=O)c4ccc(F)cc4)c4ccc(C(F)(C(F)(F)F)C(F)(F)F)cc4CC[C@@H]23)cc1=O. The number of amides is 1. The maximum absolute atomic E-state index is 15.0. The predicted octanol–water partition coefficient (Wildman–Crippen LogP) is 5.64. The number of aryl methyl sites for hydroxylation is 2. The van der Waals surface area contributed by atoms with Crippen LogP contribution >= 0.6 is 0 Å². The number of carbonyl (C=O) groups excluding carboxylic acids is 1. The van der Waals surface area contributed by atoms with Gasteiger partial charge in [-0.25, -0.2) is 17.2 Å². The van der Waals surface area contributed by atoms with Crippen molar-refractivity contribution in [2.75, 3.05) is 0 Å². The molecule has 2 aliphatic rings. The first-order valence-corrected chi connectivity index (χ1v) is 14.8. The monoisotopic (exact) mass is 648 g/mol. The van der Waals surface area contributed by atoms with Crippen LogP contribution in [0.5, 0.6) is 0 Å². The van der Waals surface area contributed by atoms with Gasteiger partial charge in [-0.3, -0.25) is 9.59 Å². The molecule has 3 aromatic rings. The highest BCUT2D eigenvalue weighted by atomic mass is 32.2. The van der Waals surface area contributed by atoms with Crippen molar-refractivity contribution >= 4 is 15.7 Å². The van der Waals surface area contributed by atoms with Gasteiger partial charge in [0.15, 0.2) is 9.84 Å². The van der Waals surface area contributed by atoms with Crippen molar-refractivity contribution in [2.45, 2.75) is 59.4 Å².